The lowest BCUT2D eigenvalue weighted by atomic mass is 10.5. The van der Waals surface area contributed by atoms with Gasteiger partial charge in [0.15, 0.2) is 5.82 Å². The first-order valence-corrected chi connectivity index (χ1v) is 6.23. The highest BCUT2D eigenvalue weighted by molar-refractivity contribution is 6.28. The van der Waals surface area contributed by atoms with Crippen molar-refractivity contribution >= 4 is 23.5 Å². The molecule has 0 fully saturated rings. The van der Waals surface area contributed by atoms with Crippen LogP contribution in [0.2, 0.25) is 5.28 Å². The van der Waals surface area contributed by atoms with Crippen molar-refractivity contribution in [1.82, 2.24) is 25.1 Å². The lowest BCUT2D eigenvalue weighted by Gasteiger charge is -2.06. The molecule has 2 aromatic rings. The first kappa shape index (κ1) is 13.5. The van der Waals surface area contributed by atoms with Gasteiger partial charge >= 0.3 is 0 Å². The minimum Gasteiger partial charge on any atom is -0.354 e. The molecule has 2 aromatic heterocycles. The fourth-order valence-corrected chi connectivity index (χ4v) is 1.48. The van der Waals surface area contributed by atoms with Crippen molar-refractivity contribution < 1.29 is 4.52 Å². The van der Waals surface area contributed by atoms with Crippen LogP contribution in [-0.4, -0.2) is 31.6 Å². The molecular formula is C10H14ClN7O. The molecule has 9 heteroatoms. The molecule has 0 aromatic carbocycles. The number of rotatable bonds is 6. The van der Waals surface area contributed by atoms with Crippen LogP contribution < -0.4 is 10.6 Å². The summed E-state index contributed by atoms with van der Waals surface area (Å²) in [5.74, 6) is 1.84. The van der Waals surface area contributed by atoms with Crippen LogP contribution in [0, 0.1) is 6.92 Å². The molecule has 0 unspecified atom stereocenters. The van der Waals surface area contributed by atoms with E-state index < -0.39 is 0 Å². The van der Waals surface area contributed by atoms with Crippen LogP contribution in [0.15, 0.2) is 4.52 Å². The van der Waals surface area contributed by atoms with E-state index in [1.807, 2.05) is 6.92 Å². The molecule has 0 aliphatic heterocycles. The van der Waals surface area contributed by atoms with E-state index in [9.17, 15) is 0 Å². The Morgan fingerprint density at radius 1 is 1.11 bits per heavy atom. The molecule has 0 aliphatic carbocycles. The van der Waals surface area contributed by atoms with Crippen LogP contribution in [0.3, 0.4) is 0 Å². The van der Waals surface area contributed by atoms with Crippen LogP contribution in [-0.2, 0) is 6.54 Å². The van der Waals surface area contributed by atoms with Gasteiger partial charge in [-0.1, -0.05) is 12.1 Å². The lowest BCUT2D eigenvalue weighted by Crippen LogP contribution is -2.10. The predicted molar refractivity (Wildman–Crippen MR) is 70.0 cm³/mol. The molecule has 0 saturated heterocycles. The predicted octanol–water partition coefficient (Wildman–Crippen LogP) is 1.65. The molecular weight excluding hydrogens is 270 g/mol. The average Bonchev–Trinajstić information content (AvgIpc) is 2.79. The van der Waals surface area contributed by atoms with Gasteiger partial charge in [-0.25, -0.2) is 0 Å². The van der Waals surface area contributed by atoms with Crippen LogP contribution in [0.4, 0.5) is 11.9 Å². The first-order chi connectivity index (χ1) is 9.17. The maximum Gasteiger partial charge on any atom is 0.229 e. The topological polar surface area (TPSA) is 102 Å². The molecule has 0 radical (unpaired) electrons. The average molecular weight is 284 g/mol. The molecule has 2 heterocycles. The van der Waals surface area contributed by atoms with Crippen LogP contribution in [0.25, 0.3) is 0 Å². The minimum atomic E-state index is 0.125. The van der Waals surface area contributed by atoms with Crippen molar-refractivity contribution in [2.24, 2.45) is 0 Å². The Labute approximate surface area is 115 Å². The van der Waals surface area contributed by atoms with Gasteiger partial charge in [0.25, 0.3) is 0 Å². The zero-order chi connectivity index (χ0) is 13.7. The van der Waals surface area contributed by atoms with Gasteiger partial charge in [-0.05, 0) is 18.0 Å². The third-order valence-corrected chi connectivity index (χ3v) is 2.28. The second-order valence-corrected chi connectivity index (χ2v) is 4.10. The summed E-state index contributed by atoms with van der Waals surface area (Å²) in [4.78, 5) is 16.2. The molecule has 0 bridgehead atoms. The largest absolute Gasteiger partial charge is 0.354 e. The van der Waals surface area contributed by atoms with Gasteiger partial charge in [-0.2, -0.15) is 19.9 Å². The summed E-state index contributed by atoms with van der Waals surface area (Å²) >= 11 is 5.82. The number of aryl methyl sites for hydroxylation is 1. The maximum absolute atomic E-state index is 5.82. The molecule has 0 spiro atoms. The van der Waals surface area contributed by atoms with E-state index in [2.05, 4.69) is 35.7 Å². The van der Waals surface area contributed by atoms with Gasteiger partial charge in [0.2, 0.25) is 23.1 Å². The van der Waals surface area contributed by atoms with Gasteiger partial charge in [0.1, 0.15) is 0 Å². The molecule has 0 amide bonds. The highest BCUT2D eigenvalue weighted by Gasteiger charge is 2.06. The third kappa shape index (κ3) is 4.02. The second kappa shape index (κ2) is 6.28. The fraction of sp³-hybridized carbons (Fsp3) is 0.500. The number of nitrogens with zero attached hydrogens (tertiary/aromatic N) is 5. The summed E-state index contributed by atoms with van der Waals surface area (Å²) in [5.41, 5.74) is 0. The summed E-state index contributed by atoms with van der Waals surface area (Å²) in [6.07, 6.45) is 0.966. The second-order valence-electron chi connectivity index (χ2n) is 3.76. The summed E-state index contributed by atoms with van der Waals surface area (Å²) < 4.78 is 4.86. The smallest absolute Gasteiger partial charge is 0.229 e. The zero-order valence-electron chi connectivity index (χ0n) is 10.6. The molecule has 0 saturated carbocycles. The Hall–Kier alpha value is -1.96. The Kier molecular flexibility index (Phi) is 4.45. The number of hydrogen-bond donors (Lipinski definition) is 2. The summed E-state index contributed by atoms with van der Waals surface area (Å²) in [5, 5.41) is 9.88. The highest BCUT2D eigenvalue weighted by Crippen LogP contribution is 2.10. The van der Waals surface area contributed by atoms with E-state index in [4.69, 9.17) is 16.1 Å². The summed E-state index contributed by atoms with van der Waals surface area (Å²) in [6.45, 7) is 4.89. The number of hydrogen-bond acceptors (Lipinski definition) is 8. The molecule has 2 rings (SSSR count). The van der Waals surface area contributed by atoms with E-state index in [0.29, 0.717) is 30.2 Å². The fourth-order valence-electron chi connectivity index (χ4n) is 1.32. The van der Waals surface area contributed by atoms with Crippen molar-refractivity contribution in [1.29, 1.82) is 0 Å². The number of anilines is 2. The summed E-state index contributed by atoms with van der Waals surface area (Å²) in [7, 11) is 0. The van der Waals surface area contributed by atoms with E-state index in [0.717, 1.165) is 13.0 Å². The highest BCUT2D eigenvalue weighted by atomic mass is 35.5. The first-order valence-electron chi connectivity index (χ1n) is 5.86. The third-order valence-electron chi connectivity index (χ3n) is 2.12. The Bertz CT molecular complexity index is 544. The Balaban J connectivity index is 2.01. The van der Waals surface area contributed by atoms with E-state index >= 15 is 0 Å². The Morgan fingerprint density at radius 2 is 1.84 bits per heavy atom. The van der Waals surface area contributed by atoms with E-state index in [1.165, 1.54) is 0 Å². The van der Waals surface area contributed by atoms with Gasteiger partial charge in [0.05, 0.1) is 6.54 Å². The molecule has 0 aliphatic rings. The Morgan fingerprint density at radius 3 is 2.47 bits per heavy atom. The van der Waals surface area contributed by atoms with Gasteiger partial charge in [-0.3, -0.25) is 0 Å². The number of nitrogens with one attached hydrogen (secondary N) is 2. The van der Waals surface area contributed by atoms with Gasteiger partial charge in [0, 0.05) is 13.5 Å². The molecule has 102 valence electrons. The molecule has 0 atom stereocenters. The van der Waals surface area contributed by atoms with Crippen LogP contribution >= 0.6 is 11.6 Å². The van der Waals surface area contributed by atoms with E-state index in [-0.39, 0.29) is 5.28 Å². The molecule has 19 heavy (non-hydrogen) atoms. The zero-order valence-corrected chi connectivity index (χ0v) is 11.4. The molecule has 8 nitrogen and oxygen atoms in total. The number of aromatic nitrogens is 5. The van der Waals surface area contributed by atoms with Crippen molar-refractivity contribution in [3.63, 3.8) is 0 Å². The molecule has 2 N–H and O–H groups in total. The van der Waals surface area contributed by atoms with Crippen LogP contribution in [0.5, 0.6) is 0 Å². The van der Waals surface area contributed by atoms with E-state index in [1.54, 1.807) is 6.92 Å². The maximum atomic E-state index is 5.82. The number of halogens is 1. The van der Waals surface area contributed by atoms with Crippen molar-refractivity contribution in [3.8, 4) is 0 Å². The van der Waals surface area contributed by atoms with Gasteiger partial charge < -0.3 is 15.2 Å². The van der Waals surface area contributed by atoms with Crippen molar-refractivity contribution in [2.45, 2.75) is 26.8 Å². The van der Waals surface area contributed by atoms with Crippen molar-refractivity contribution in [2.75, 3.05) is 17.2 Å². The summed E-state index contributed by atoms with van der Waals surface area (Å²) in [6, 6.07) is 0. The lowest BCUT2D eigenvalue weighted by molar-refractivity contribution is 0.388. The van der Waals surface area contributed by atoms with Gasteiger partial charge in [-0.15, -0.1) is 0 Å². The standard InChI is InChI=1S/C10H14ClN7O/c1-3-4-12-9-15-8(11)16-10(17-9)13-5-7-14-6(2)19-18-7/h3-5H2,1-2H3,(H2,12,13,15,16,17). The van der Waals surface area contributed by atoms with Crippen LogP contribution in [0.1, 0.15) is 25.1 Å². The van der Waals surface area contributed by atoms with Crippen molar-refractivity contribution in [3.05, 3.63) is 17.0 Å². The SMILES string of the molecule is CCCNc1nc(Cl)nc(NCc2noc(C)n2)n1. The normalized spacial score (nSPS) is 10.5. The minimum absolute atomic E-state index is 0.125. The quantitative estimate of drug-likeness (QED) is 0.825. The monoisotopic (exact) mass is 283 g/mol.